The molecule has 0 spiro atoms. The molecular weight excluding hydrogens is 214 g/mol. The van der Waals surface area contributed by atoms with E-state index in [-0.39, 0.29) is 18.7 Å². The molecule has 0 saturated heterocycles. The van der Waals surface area contributed by atoms with Gasteiger partial charge in [-0.3, -0.25) is 4.79 Å². The van der Waals surface area contributed by atoms with Crippen LogP contribution in [0.1, 0.15) is 35.9 Å². The van der Waals surface area contributed by atoms with Crippen LogP contribution in [0.3, 0.4) is 0 Å². The maximum Gasteiger partial charge on any atom is 0.358 e. The first-order valence-corrected chi connectivity index (χ1v) is 4.93. The minimum atomic E-state index is -1.13. The van der Waals surface area contributed by atoms with Crippen molar-refractivity contribution >= 4 is 11.9 Å². The molecular formula is C9H13N3O4. The van der Waals surface area contributed by atoms with E-state index in [2.05, 4.69) is 10.3 Å². The molecule has 0 aromatic carbocycles. The Morgan fingerprint density at radius 2 is 2.06 bits per heavy atom. The Kier molecular flexibility index (Phi) is 3.98. The molecule has 0 unspecified atom stereocenters. The molecule has 0 saturated carbocycles. The fourth-order valence-electron chi connectivity index (χ4n) is 1.36. The van der Waals surface area contributed by atoms with E-state index in [4.69, 9.17) is 10.2 Å². The lowest BCUT2D eigenvalue weighted by molar-refractivity contribution is -0.137. The standard InChI is InChI=1S/C9H13N3O4/c1-2-3-6-8(9(15)16)10-11-12(6)5-4-7(13)14/h2-5H2,1H3,(H,13,14)(H,15,16). The summed E-state index contributed by atoms with van der Waals surface area (Å²) < 4.78 is 1.35. The zero-order valence-electron chi connectivity index (χ0n) is 8.88. The van der Waals surface area contributed by atoms with Crippen molar-refractivity contribution in [3.8, 4) is 0 Å². The van der Waals surface area contributed by atoms with Crippen molar-refractivity contribution in [2.24, 2.45) is 0 Å². The van der Waals surface area contributed by atoms with Crippen molar-refractivity contribution in [1.29, 1.82) is 0 Å². The zero-order chi connectivity index (χ0) is 12.1. The Bertz CT molecular complexity index is 399. The van der Waals surface area contributed by atoms with Crippen LogP contribution in [0.2, 0.25) is 0 Å². The zero-order valence-corrected chi connectivity index (χ0v) is 8.88. The number of carboxylic acids is 2. The van der Waals surface area contributed by atoms with Crippen LogP contribution in [-0.4, -0.2) is 37.1 Å². The van der Waals surface area contributed by atoms with Gasteiger partial charge in [-0.05, 0) is 6.42 Å². The number of carbonyl (C=O) groups is 2. The maximum absolute atomic E-state index is 10.8. The molecule has 1 rings (SSSR count). The topological polar surface area (TPSA) is 105 Å². The van der Waals surface area contributed by atoms with E-state index in [1.807, 2.05) is 6.92 Å². The van der Waals surface area contributed by atoms with Gasteiger partial charge in [-0.2, -0.15) is 0 Å². The summed E-state index contributed by atoms with van der Waals surface area (Å²) >= 11 is 0. The summed E-state index contributed by atoms with van der Waals surface area (Å²) in [5.41, 5.74) is 0.392. The highest BCUT2D eigenvalue weighted by Crippen LogP contribution is 2.09. The maximum atomic E-state index is 10.8. The van der Waals surface area contributed by atoms with Gasteiger partial charge >= 0.3 is 11.9 Å². The van der Waals surface area contributed by atoms with Crippen molar-refractivity contribution < 1.29 is 19.8 Å². The summed E-state index contributed by atoms with van der Waals surface area (Å²) in [5.74, 6) is -2.08. The largest absolute Gasteiger partial charge is 0.481 e. The molecule has 16 heavy (non-hydrogen) atoms. The van der Waals surface area contributed by atoms with E-state index in [1.165, 1.54) is 4.68 Å². The third-order valence-electron chi connectivity index (χ3n) is 2.06. The highest BCUT2D eigenvalue weighted by molar-refractivity contribution is 5.86. The van der Waals surface area contributed by atoms with Gasteiger partial charge in [-0.25, -0.2) is 9.48 Å². The van der Waals surface area contributed by atoms with E-state index in [0.717, 1.165) is 6.42 Å². The van der Waals surface area contributed by atoms with Crippen LogP contribution in [0, 0.1) is 0 Å². The SMILES string of the molecule is CCCc1c(C(=O)O)nnn1CCC(=O)O. The molecule has 1 aromatic rings. The van der Waals surface area contributed by atoms with Gasteiger partial charge in [0.15, 0.2) is 5.69 Å². The lowest BCUT2D eigenvalue weighted by atomic mass is 10.2. The van der Waals surface area contributed by atoms with Crippen LogP contribution in [0.15, 0.2) is 0 Å². The van der Waals surface area contributed by atoms with Crippen molar-refractivity contribution in [3.05, 3.63) is 11.4 Å². The van der Waals surface area contributed by atoms with Gasteiger partial charge in [0.25, 0.3) is 0 Å². The van der Waals surface area contributed by atoms with Gasteiger partial charge in [-0.1, -0.05) is 18.6 Å². The smallest absolute Gasteiger partial charge is 0.358 e. The Morgan fingerprint density at radius 1 is 1.38 bits per heavy atom. The Hall–Kier alpha value is -1.92. The first kappa shape index (κ1) is 12.2. The monoisotopic (exact) mass is 227 g/mol. The quantitative estimate of drug-likeness (QED) is 0.728. The molecule has 0 amide bonds. The van der Waals surface area contributed by atoms with Gasteiger partial charge in [0, 0.05) is 0 Å². The third kappa shape index (κ3) is 2.78. The summed E-state index contributed by atoms with van der Waals surface area (Å²) in [6.07, 6.45) is 1.17. The summed E-state index contributed by atoms with van der Waals surface area (Å²) in [7, 11) is 0. The number of aliphatic carboxylic acids is 1. The molecule has 7 heteroatoms. The minimum absolute atomic E-state index is 0.0905. The molecule has 0 aliphatic rings. The van der Waals surface area contributed by atoms with Crippen molar-refractivity contribution in [2.75, 3.05) is 0 Å². The summed E-state index contributed by atoms with van der Waals surface area (Å²) in [5, 5.41) is 24.6. The Morgan fingerprint density at radius 3 is 2.56 bits per heavy atom. The van der Waals surface area contributed by atoms with Crippen LogP contribution in [0.25, 0.3) is 0 Å². The molecule has 88 valence electrons. The number of aromatic nitrogens is 3. The second kappa shape index (κ2) is 5.24. The fraction of sp³-hybridized carbons (Fsp3) is 0.556. The molecule has 0 aliphatic heterocycles. The number of rotatable bonds is 6. The van der Waals surface area contributed by atoms with Gasteiger partial charge in [0.05, 0.1) is 18.7 Å². The molecule has 1 aromatic heterocycles. The lowest BCUT2D eigenvalue weighted by Crippen LogP contribution is -2.11. The van der Waals surface area contributed by atoms with Gasteiger partial charge < -0.3 is 10.2 Å². The average molecular weight is 227 g/mol. The number of hydrogen-bond donors (Lipinski definition) is 2. The molecule has 7 nitrogen and oxygen atoms in total. The van der Waals surface area contributed by atoms with Gasteiger partial charge in [0.2, 0.25) is 0 Å². The molecule has 0 radical (unpaired) electrons. The number of aryl methyl sites for hydroxylation is 1. The molecule has 1 heterocycles. The summed E-state index contributed by atoms with van der Waals surface area (Å²) in [6.45, 7) is 2.05. The predicted octanol–water partition coefficient (Wildman–Crippen LogP) is 0.403. The second-order valence-electron chi connectivity index (χ2n) is 3.31. The van der Waals surface area contributed by atoms with Crippen LogP contribution < -0.4 is 0 Å². The highest BCUT2D eigenvalue weighted by atomic mass is 16.4. The van der Waals surface area contributed by atoms with Crippen LogP contribution in [0.5, 0.6) is 0 Å². The second-order valence-corrected chi connectivity index (χ2v) is 3.31. The minimum Gasteiger partial charge on any atom is -0.481 e. The van der Waals surface area contributed by atoms with Gasteiger partial charge in [0.1, 0.15) is 0 Å². The number of hydrogen-bond acceptors (Lipinski definition) is 4. The molecule has 0 bridgehead atoms. The summed E-state index contributed by atoms with van der Waals surface area (Å²) in [6, 6.07) is 0. The molecule has 0 atom stereocenters. The van der Waals surface area contributed by atoms with E-state index >= 15 is 0 Å². The normalized spacial score (nSPS) is 10.3. The first-order chi connectivity index (χ1) is 7.56. The average Bonchev–Trinajstić information content (AvgIpc) is 2.59. The van der Waals surface area contributed by atoms with E-state index in [1.54, 1.807) is 0 Å². The summed E-state index contributed by atoms with van der Waals surface area (Å²) in [4.78, 5) is 21.2. The first-order valence-electron chi connectivity index (χ1n) is 4.93. The predicted molar refractivity (Wildman–Crippen MR) is 53.2 cm³/mol. The van der Waals surface area contributed by atoms with E-state index < -0.39 is 11.9 Å². The number of aromatic carboxylic acids is 1. The van der Waals surface area contributed by atoms with Crippen LogP contribution >= 0.6 is 0 Å². The highest BCUT2D eigenvalue weighted by Gasteiger charge is 2.18. The van der Waals surface area contributed by atoms with E-state index in [9.17, 15) is 9.59 Å². The Balaban J connectivity index is 2.90. The lowest BCUT2D eigenvalue weighted by Gasteiger charge is -2.03. The number of carboxylic acid groups (broad SMARTS) is 2. The van der Waals surface area contributed by atoms with Crippen molar-refractivity contribution in [1.82, 2.24) is 15.0 Å². The molecule has 2 N–H and O–H groups in total. The molecule has 0 aliphatic carbocycles. The van der Waals surface area contributed by atoms with Crippen LogP contribution in [0.4, 0.5) is 0 Å². The van der Waals surface area contributed by atoms with Crippen molar-refractivity contribution in [3.63, 3.8) is 0 Å². The van der Waals surface area contributed by atoms with Gasteiger partial charge in [-0.15, -0.1) is 5.10 Å². The molecule has 0 fully saturated rings. The van der Waals surface area contributed by atoms with E-state index in [0.29, 0.717) is 12.1 Å². The van der Waals surface area contributed by atoms with Crippen molar-refractivity contribution in [2.45, 2.75) is 32.7 Å². The third-order valence-corrected chi connectivity index (χ3v) is 2.06. The number of nitrogens with zero attached hydrogens (tertiary/aromatic N) is 3. The Labute approximate surface area is 91.7 Å². The fourth-order valence-corrected chi connectivity index (χ4v) is 1.36. The van der Waals surface area contributed by atoms with Crippen LogP contribution in [-0.2, 0) is 17.8 Å².